The molecule has 3 N–H and O–H groups in total. The molecule has 0 unspecified atom stereocenters. The van der Waals surface area contributed by atoms with Crippen LogP contribution in [0.15, 0.2) is 16.6 Å². The Hall–Kier alpha value is -0.920. The molecule has 0 aliphatic carbocycles. The lowest BCUT2D eigenvalue weighted by molar-refractivity contribution is -0.0713. The molecular formula is C11H14BrF2NO3. The van der Waals surface area contributed by atoms with Crippen molar-refractivity contribution >= 4 is 15.9 Å². The highest BCUT2D eigenvalue weighted by Gasteiger charge is 2.38. The zero-order valence-electron chi connectivity index (χ0n) is 9.91. The lowest BCUT2D eigenvalue weighted by atomic mass is 10.0. The topological polar surface area (TPSA) is 64.7 Å². The maximum atomic E-state index is 13.4. The van der Waals surface area contributed by atoms with Crippen LogP contribution in [0.5, 0.6) is 11.5 Å². The number of aliphatic hydroxyl groups excluding tert-OH is 1. The number of aliphatic hydroxyl groups is 1. The quantitative estimate of drug-likeness (QED) is 0.870. The number of alkyl halides is 2. The van der Waals surface area contributed by atoms with E-state index in [0.717, 1.165) is 0 Å². The van der Waals surface area contributed by atoms with Crippen LogP contribution in [-0.4, -0.2) is 31.9 Å². The van der Waals surface area contributed by atoms with Crippen molar-refractivity contribution < 1.29 is 23.4 Å². The van der Waals surface area contributed by atoms with Gasteiger partial charge in [-0.15, -0.1) is 0 Å². The van der Waals surface area contributed by atoms with Gasteiger partial charge in [-0.05, 0) is 17.7 Å². The molecule has 1 rings (SSSR count). The molecule has 0 saturated heterocycles. The molecule has 0 aliphatic rings. The Kier molecular flexibility index (Phi) is 4.89. The molecule has 4 nitrogen and oxygen atoms in total. The summed E-state index contributed by atoms with van der Waals surface area (Å²) in [6, 6.07) is 1.20. The molecule has 0 fully saturated rings. The summed E-state index contributed by atoms with van der Waals surface area (Å²) in [6.07, 6.45) is 0. The van der Waals surface area contributed by atoms with E-state index < -0.39 is 18.6 Å². The van der Waals surface area contributed by atoms with Gasteiger partial charge in [-0.2, -0.15) is 0 Å². The van der Waals surface area contributed by atoms with Gasteiger partial charge in [0.25, 0.3) is 5.92 Å². The van der Waals surface area contributed by atoms with Gasteiger partial charge < -0.3 is 20.3 Å². The van der Waals surface area contributed by atoms with Gasteiger partial charge in [-0.3, -0.25) is 0 Å². The summed E-state index contributed by atoms with van der Waals surface area (Å²) in [6.45, 7) is -1.32. The number of rotatable bonds is 5. The molecule has 0 radical (unpaired) electrons. The first-order valence-corrected chi connectivity index (χ1v) is 5.82. The van der Waals surface area contributed by atoms with Crippen molar-refractivity contribution in [3.63, 3.8) is 0 Å². The second-order valence-corrected chi connectivity index (χ2v) is 4.48. The summed E-state index contributed by atoms with van der Waals surface area (Å²) in [5, 5.41) is 8.64. The monoisotopic (exact) mass is 325 g/mol. The lowest BCUT2D eigenvalue weighted by Crippen LogP contribution is -2.36. The van der Waals surface area contributed by atoms with E-state index in [1.807, 2.05) is 0 Å². The van der Waals surface area contributed by atoms with E-state index in [9.17, 15) is 8.78 Å². The zero-order chi connectivity index (χ0) is 13.9. The lowest BCUT2D eigenvalue weighted by Gasteiger charge is -2.23. The van der Waals surface area contributed by atoms with Crippen LogP contribution in [0.2, 0.25) is 0 Å². The maximum Gasteiger partial charge on any atom is 0.289 e. The molecule has 0 aliphatic heterocycles. The van der Waals surface area contributed by atoms with Crippen LogP contribution >= 0.6 is 15.9 Å². The van der Waals surface area contributed by atoms with E-state index >= 15 is 0 Å². The van der Waals surface area contributed by atoms with Crippen LogP contribution in [0.4, 0.5) is 8.78 Å². The minimum atomic E-state index is -3.41. The largest absolute Gasteiger partial charge is 0.493 e. The molecule has 1 aromatic carbocycles. The minimum absolute atomic E-state index is 0.131. The molecule has 1 aromatic rings. The Morgan fingerprint density at radius 1 is 1.33 bits per heavy atom. The zero-order valence-corrected chi connectivity index (χ0v) is 11.5. The predicted molar refractivity (Wildman–Crippen MR) is 66.2 cm³/mol. The highest BCUT2D eigenvalue weighted by atomic mass is 79.9. The summed E-state index contributed by atoms with van der Waals surface area (Å²) >= 11 is 3.14. The van der Waals surface area contributed by atoms with E-state index in [1.54, 1.807) is 0 Å². The third-order valence-electron chi connectivity index (χ3n) is 2.50. The molecule has 0 spiro atoms. The summed E-state index contributed by atoms with van der Waals surface area (Å²) in [4.78, 5) is 0. The molecule has 0 saturated carbocycles. The highest BCUT2D eigenvalue weighted by molar-refractivity contribution is 9.10. The van der Waals surface area contributed by atoms with Crippen LogP contribution in [0, 0.1) is 0 Å². The van der Waals surface area contributed by atoms with Gasteiger partial charge in [0, 0.05) is 4.47 Å². The van der Waals surface area contributed by atoms with Crippen molar-refractivity contribution in [3.05, 3.63) is 22.2 Å². The van der Waals surface area contributed by atoms with Gasteiger partial charge in [0.05, 0.1) is 20.3 Å². The van der Waals surface area contributed by atoms with E-state index in [4.69, 9.17) is 20.3 Å². The smallest absolute Gasteiger partial charge is 0.289 e. The first-order valence-electron chi connectivity index (χ1n) is 5.03. The van der Waals surface area contributed by atoms with Crippen molar-refractivity contribution in [1.29, 1.82) is 0 Å². The summed E-state index contributed by atoms with van der Waals surface area (Å²) < 4.78 is 37.1. The van der Waals surface area contributed by atoms with Gasteiger partial charge in [0.15, 0.2) is 11.5 Å². The number of ether oxygens (including phenoxy) is 2. The summed E-state index contributed by atoms with van der Waals surface area (Å²) in [5.74, 6) is -2.73. The minimum Gasteiger partial charge on any atom is -0.493 e. The second kappa shape index (κ2) is 5.81. The fourth-order valence-electron chi connectivity index (χ4n) is 1.43. The van der Waals surface area contributed by atoms with Gasteiger partial charge in [-0.1, -0.05) is 15.9 Å². The van der Waals surface area contributed by atoms with Crippen molar-refractivity contribution in [2.45, 2.75) is 12.0 Å². The van der Waals surface area contributed by atoms with Crippen molar-refractivity contribution in [2.24, 2.45) is 5.73 Å². The molecular weight excluding hydrogens is 312 g/mol. The number of benzene rings is 1. The molecule has 0 heterocycles. The number of hydrogen-bond donors (Lipinski definition) is 2. The number of halogens is 3. The van der Waals surface area contributed by atoms with Crippen LogP contribution < -0.4 is 15.2 Å². The molecule has 0 bridgehead atoms. The SMILES string of the molecule is COc1cc(Br)c([C@@H](N)C(F)(F)CO)cc1OC. The molecule has 1 atom stereocenters. The average Bonchev–Trinajstić information content (AvgIpc) is 2.37. The van der Waals surface area contributed by atoms with Crippen LogP contribution in [0.3, 0.4) is 0 Å². The van der Waals surface area contributed by atoms with Crippen molar-refractivity contribution in [2.75, 3.05) is 20.8 Å². The van der Waals surface area contributed by atoms with Crippen LogP contribution in [0.25, 0.3) is 0 Å². The van der Waals surface area contributed by atoms with Gasteiger partial charge in [0.2, 0.25) is 0 Å². The van der Waals surface area contributed by atoms with Gasteiger partial charge in [0.1, 0.15) is 6.61 Å². The van der Waals surface area contributed by atoms with E-state index in [-0.39, 0.29) is 5.56 Å². The Labute approximate surface area is 112 Å². The maximum absolute atomic E-state index is 13.4. The van der Waals surface area contributed by atoms with Crippen LogP contribution in [-0.2, 0) is 0 Å². The second-order valence-electron chi connectivity index (χ2n) is 3.63. The average molecular weight is 326 g/mol. The van der Waals surface area contributed by atoms with E-state index in [0.29, 0.717) is 16.0 Å². The predicted octanol–water partition coefficient (Wildman–Crippen LogP) is 2.09. The fourth-order valence-corrected chi connectivity index (χ4v) is 2.00. The highest BCUT2D eigenvalue weighted by Crippen LogP contribution is 2.39. The normalized spacial score (nSPS) is 13.3. The van der Waals surface area contributed by atoms with Crippen LogP contribution in [0.1, 0.15) is 11.6 Å². The Morgan fingerprint density at radius 2 is 1.83 bits per heavy atom. The summed E-state index contributed by atoms with van der Waals surface area (Å²) in [5.41, 5.74) is 5.59. The Balaban J connectivity index is 3.25. The van der Waals surface area contributed by atoms with Gasteiger partial charge in [-0.25, -0.2) is 8.78 Å². The fraction of sp³-hybridized carbons (Fsp3) is 0.455. The van der Waals surface area contributed by atoms with E-state index in [2.05, 4.69) is 15.9 Å². The molecule has 102 valence electrons. The number of nitrogens with two attached hydrogens (primary N) is 1. The molecule has 0 aromatic heterocycles. The third-order valence-corrected chi connectivity index (χ3v) is 3.19. The third kappa shape index (κ3) is 2.90. The standard InChI is InChI=1S/C11H14BrF2NO3/c1-17-8-3-6(7(12)4-9(8)18-2)10(15)11(13,14)5-16/h3-4,10,16H,5,15H2,1-2H3/t10-/m1/s1. The number of methoxy groups -OCH3 is 2. The molecule has 0 amide bonds. The molecule has 18 heavy (non-hydrogen) atoms. The molecule has 7 heteroatoms. The summed E-state index contributed by atoms with van der Waals surface area (Å²) in [7, 11) is 2.83. The Morgan fingerprint density at radius 3 is 2.28 bits per heavy atom. The van der Waals surface area contributed by atoms with Crippen molar-refractivity contribution in [1.82, 2.24) is 0 Å². The van der Waals surface area contributed by atoms with Crippen molar-refractivity contribution in [3.8, 4) is 11.5 Å². The van der Waals surface area contributed by atoms with E-state index in [1.165, 1.54) is 26.4 Å². The van der Waals surface area contributed by atoms with Gasteiger partial charge >= 0.3 is 0 Å². The first-order chi connectivity index (χ1) is 8.37. The number of hydrogen-bond acceptors (Lipinski definition) is 4. The first kappa shape index (κ1) is 15.1. The Bertz CT molecular complexity index is 429.